The van der Waals surface area contributed by atoms with Crippen LogP contribution in [0, 0.1) is 0 Å². The fourth-order valence-corrected chi connectivity index (χ4v) is 1.95. The third-order valence-corrected chi connectivity index (χ3v) is 2.51. The van der Waals surface area contributed by atoms with E-state index >= 15 is 0 Å². The van der Waals surface area contributed by atoms with Crippen molar-refractivity contribution in [1.82, 2.24) is 5.48 Å². The Hall–Kier alpha value is 0.0149. The summed E-state index contributed by atoms with van der Waals surface area (Å²) in [5.74, 6) is 0. The Morgan fingerprint density at radius 1 is 1.53 bits per heavy atom. The van der Waals surface area contributed by atoms with Crippen LogP contribution >= 0.6 is 7.82 Å². The maximum Gasteiger partial charge on any atom is 0.470 e. The monoisotopic (exact) mass is 239 g/mol. The number of aliphatic hydroxyl groups excluding tert-OH is 1. The second-order valence-corrected chi connectivity index (χ2v) is 4.23. The molecule has 0 amide bonds. The number of ether oxygens (including phenoxy) is 1. The van der Waals surface area contributed by atoms with E-state index in [4.69, 9.17) is 32.7 Å². The highest BCUT2D eigenvalue weighted by atomic mass is 31.2. The predicted molar refractivity (Wildman–Crippen MR) is 47.1 cm³/mol. The topological polar surface area (TPSA) is 128 Å². The largest absolute Gasteiger partial charge is 0.470 e. The summed E-state index contributed by atoms with van der Waals surface area (Å²) >= 11 is 0. The van der Waals surface area contributed by atoms with Gasteiger partial charge in [0.15, 0.2) is 0 Å². The number of aliphatic hydroxyl groups is 1. The summed E-state index contributed by atoms with van der Waals surface area (Å²) in [5, 5.41) is 17.5. The van der Waals surface area contributed by atoms with E-state index in [9.17, 15) is 4.57 Å². The molecule has 8 nitrogen and oxygen atoms in total. The summed E-state index contributed by atoms with van der Waals surface area (Å²) in [4.78, 5) is 17.2. The van der Waals surface area contributed by atoms with Crippen LogP contribution in [0.25, 0.3) is 0 Å². The summed E-state index contributed by atoms with van der Waals surface area (Å²) in [7, 11) is 0.636. The van der Waals surface area contributed by atoms with Crippen molar-refractivity contribution in [1.29, 1.82) is 0 Å². The lowest BCUT2D eigenvalue weighted by Crippen LogP contribution is -2.45. The maximum atomic E-state index is 10.6. The normalized spacial score (nSPS) is 37.1. The second-order valence-electron chi connectivity index (χ2n) is 3.04. The summed E-state index contributed by atoms with van der Waals surface area (Å²) in [6, 6.07) is -2.04. The van der Waals surface area contributed by atoms with Crippen LogP contribution in [0.15, 0.2) is 0 Å². The van der Waals surface area contributed by atoms with Crippen LogP contribution < -0.4 is 5.48 Å². The Balaban J connectivity index is 2.76. The van der Waals surface area contributed by atoms with Gasteiger partial charge in [0.05, 0.1) is 12.6 Å². The lowest BCUT2D eigenvalue weighted by molar-refractivity contribution is -0.00648. The first-order chi connectivity index (χ1) is 6.89. The van der Waals surface area contributed by atoms with Gasteiger partial charge in [-0.2, -0.15) is 5.48 Å². The number of nitrogens with one attached hydrogen (secondary N) is 1. The zero-order valence-electron chi connectivity index (χ0n) is 7.55. The van der Waals surface area contributed by atoms with Gasteiger partial charge < -0.3 is 24.8 Å². The highest BCUT2D eigenvalue weighted by Gasteiger charge is 2.45. The van der Waals surface area contributed by atoms with E-state index < -0.39 is 38.7 Å². The third-order valence-electron chi connectivity index (χ3n) is 1.99. The first kappa shape index (κ1) is 13.1. The number of phosphoric ester groups is 1. The molecule has 15 heavy (non-hydrogen) atoms. The molecular weight excluding hydrogens is 228 g/mol. The SMILES string of the molecule is [B][C@@H]1O[C@H](CO)[C@H](OP(=O)(O)O)C1NO. The molecule has 1 saturated heterocycles. The van der Waals surface area contributed by atoms with Crippen LogP contribution in [0.3, 0.4) is 0 Å². The molecule has 0 spiro atoms. The van der Waals surface area contributed by atoms with Gasteiger partial charge in [0.25, 0.3) is 0 Å². The lowest BCUT2D eigenvalue weighted by atomic mass is 9.91. The average molecular weight is 239 g/mol. The van der Waals surface area contributed by atoms with E-state index in [1.807, 2.05) is 0 Å². The van der Waals surface area contributed by atoms with E-state index in [1.54, 1.807) is 5.48 Å². The molecule has 1 fully saturated rings. The minimum Gasteiger partial charge on any atom is -0.394 e. The van der Waals surface area contributed by atoms with E-state index in [0.29, 0.717) is 0 Å². The smallest absolute Gasteiger partial charge is 0.394 e. The van der Waals surface area contributed by atoms with Gasteiger partial charge in [-0.25, -0.2) is 4.57 Å². The van der Waals surface area contributed by atoms with Crippen molar-refractivity contribution >= 4 is 15.7 Å². The Morgan fingerprint density at radius 2 is 2.13 bits per heavy atom. The molecule has 0 aromatic heterocycles. The van der Waals surface area contributed by atoms with Gasteiger partial charge in [-0.3, -0.25) is 4.52 Å². The molecular formula is C5H11BNO7P. The Labute approximate surface area is 86.8 Å². The van der Waals surface area contributed by atoms with Crippen LogP contribution in [0.1, 0.15) is 0 Å². The summed E-state index contributed by atoms with van der Waals surface area (Å²) in [6.07, 6.45) is -2.23. The van der Waals surface area contributed by atoms with Gasteiger partial charge >= 0.3 is 7.82 Å². The number of hydroxylamine groups is 1. The third kappa shape index (κ3) is 3.23. The Morgan fingerprint density at radius 3 is 2.53 bits per heavy atom. The van der Waals surface area contributed by atoms with Crippen LogP contribution in [-0.4, -0.2) is 58.8 Å². The van der Waals surface area contributed by atoms with E-state index in [-0.39, 0.29) is 0 Å². The van der Waals surface area contributed by atoms with Crippen LogP contribution in [0.4, 0.5) is 0 Å². The van der Waals surface area contributed by atoms with Crippen molar-refractivity contribution in [3.8, 4) is 0 Å². The number of phosphoric acid groups is 1. The molecule has 4 atom stereocenters. The maximum absolute atomic E-state index is 10.6. The van der Waals surface area contributed by atoms with Gasteiger partial charge in [0.1, 0.15) is 20.1 Å². The van der Waals surface area contributed by atoms with Gasteiger partial charge in [-0.15, -0.1) is 0 Å². The van der Waals surface area contributed by atoms with Crippen molar-refractivity contribution in [3.63, 3.8) is 0 Å². The zero-order valence-corrected chi connectivity index (χ0v) is 8.45. The summed E-state index contributed by atoms with van der Waals surface area (Å²) < 4.78 is 19.9. The molecule has 0 aliphatic carbocycles. The van der Waals surface area contributed by atoms with Gasteiger partial charge in [0.2, 0.25) is 0 Å². The second kappa shape index (κ2) is 4.90. The molecule has 2 radical (unpaired) electrons. The van der Waals surface area contributed by atoms with Crippen molar-refractivity contribution < 1.29 is 33.9 Å². The van der Waals surface area contributed by atoms with Crippen LogP contribution in [0.2, 0.25) is 0 Å². The molecule has 0 saturated carbocycles. The quantitative estimate of drug-likeness (QED) is 0.210. The minimum atomic E-state index is -4.74. The fourth-order valence-electron chi connectivity index (χ4n) is 1.37. The van der Waals surface area contributed by atoms with Crippen molar-refractivity contribution in [3.05, 3.63) is 0 Å². The first-order valence-corrected chi connectivity index (χ1v) is 5.57. The van der Waals surface area contributed by atoms with Gasteiger partial charge in [0, 0.05) is 6.00 Å². The number of hydrogen-bond acceptors (Lipinski definition) is 6. The number of hydrogen-bond donors (Lipinski definition) is 5. The van der Waals surface area contributed by atoms with Crippen molar-refractivity contribution in [2.75, 3.05) is 6.61 Å². The number of rotatable bonds is 4. The lowest BCUT2D eigenvalue weighted by Gasteiger charge is -2.21. The van der Waals surface area contributed by atoms with E-state index in [1.165, 1.54) is 0 Å². The van der Waals surface area contributed by atoms with Gasteiger partial charge in [-0.1, -0.05) is 0 Å². The summed E-state index contributed by atoms with van der Waals surface area (Å²) in [6.45, 7) is -0.531. The average Bonchev–Trinajstić information content (AvgIpc) is 2.39. The minimum absolute atomic E-state index is 0.531. The van der Waals surface area contributed by atoms with Crippen molar-refractivity contribution in [2.45, 2.75) is 24.3 Å². The molecule has 0 aromatic carbocycles. The first-order valence-electron chi connectivity index (χ1n) is 4.04. The highest BCUT2D eigenvalue weighted by molar-refractivity contribution is 7.46. The Bertz CT molecular complexity index is 260. The summed E-state index contributed by atoms with van der Waals surface area (Å²) in [5.41, 5.74) is 1.72. The Kier molecular flexibility index (Phi) is 4.27. The molecule has 1 rings (SSSR count). The predicted octanol–water partition coefficient (Wildman–Crippen LogP) is -2.30. The van der Waals surface area contributed by atoms with Crippen LogP contribution in [0.5, 0.6) is 0 Å². The molecule has 10 heteroatoms. The molecule has 1 unspecified atom stereocenters. The molecule has 1 heterocycles. The molecule has 1 aliphatic heterocycles. The molecule has 5 N–H and O–H groups in total. The van der Waals surface area contributed by atoms with Crippen LogP contribution in [-0.2, 0) is 13.8 Å². The molecule has 0 bridgehead atoms. The van der Waals surface area contributed by atoms with E-state index in [0.717, 1.165) is 0 Å². The standard InChI is InChI=1S/C5H11BNO7P/c6-5-3(7-9)4(2(1-8)13-5)14-15(10,11)12/h2-5,7-9H,1H2,(H2,10,11,12)/t2-,3?,4+,5-/m1/s1. The van der Waals surface area contributed by atoms with E-state index in [2.05, 4.69) is 4.52 Å². The highest BCUT2D eigenvalue weighted by Crippen LogP contribution is 2.41. The zero-order chi connectivity index (χ0) is 11.6. The molecule has 0 aromatic rings. The molecule has 1 aliphatic rings. The van der Waals surface area contributed by atoms with Crippen molar-refractivity contribution in [2.24, 2.45) is 0 Å². The van der Waals surface area contributed by atoms with Gasteiger partial charge in [-0.05, 0) is 0 Å². The fraction of sp³-hybridized carbons (Fsp3) is 1.00. The molecule has 86 valence electrons.